The van der Waals surface area contributed by atoms with Crippen molar-refractivity contribution in [1.29, 1.82) is 0 Å². The normalized spacial score (nSPS) is 10.8. The van der Waals surface area contributed by atoms with E-state index in [-0.39, 0.29) is 5.82 Å². The van der Waals surface area contributed by atoms with E-state index < -0.39 is 0 Å². The van der Waals surface area contributed by atoms with Crippen molar-refractivity contribution in [3.05, 3.63) is 89.6 Å². The lowest BCUT2D eigenvalue weighted by molar-refractivity contribution is 0.627. The van der Waals surface area contributed by atoms with Crippen LogP contribution >= 0.6 is 0 Å². The van der Waals surface area contributed by atoms with Crippen molar-refractivity contribution >= 4 is 0 Å². The molecule has 0 aliphatic rings. The molecule has 0 aliphatic carbocycles. The Labute approximate surface area is 129 Å². The van der Waals surface area contributed by atoms with Crippen LogP contribution in [-0.4, -0.2) is 15.2 Å². The van der Waals surface area contributed by atoms with Crippen molar-refractivity contribution in [3.63, 3.8) is 0 Å². The van der Waals surface area contributed by atoms with Gasteiger partial charge in [0.05, 0.1) is 0 Å². The van der Waals surface area contributed by atoms with Gasteiger partial charge in [-0.3, -0.25) is 5.10 Å². The Morgan fingerprint density at radius 2 is 1.73 bits per heavy atom. The third kappa shape index (κ3) is 4.01. The zero-order valence-electron chi connectivity index (χ0n) is 12.2. The van der Waals surface area contributed by atoms with Crippen LogP contribution in [-0.2, 0) is 12.8 Å². The van der Waals surface area contributed by atoms with Gasteiger partial charge in [0.2, 0.25) is 0 Å². The van der Waals surface area contributed by atoms with Crippen LogP contribution in [0.25, 0.3) is 0 Å². The second-order valence-corrected chi connectivity index (χ2v) is 5.17. The lowest BCUT2D eigenvalue weighted by Crippen LogP contribution is -1.92. The summed E-state index contributed by atoms with van der Waals surface area (Å²) in [4.78, 5) is 4.44. The number of aryl methyl sites for hydroxylation is 1. The molecule has 0 atom stereocenters. The fourth-order valence-corrected chi connectivity index (χ4v) is 2.29. The molecule has 0 amide bonds. The highest BCUT2D eigenvalue weighted by atomic mass is 19.1. The molecule has 3 aromatic rings. The largest absolute Gasteiger partial charge is 0.263 e. The lowest BCUT2D eigenvalue weighted by Gasteiger charge is -1.98. The van der Waals surface area contributed by atoms with Gasteiger partial charge in [-0.05, 0) is 36.1 Å². The number of hydrogen-bond donors (Lipinski definition) is 1. The minimum absolute atomic E-state index is 0.228. The molecule has 111 valence electrons. The zero-order chi connectivity index (χ0) is 15.2. The van der Waals surface area contributed by atoms with Crippen molar-refractivity contribution in [2.45, 2.75) is 19.3 Å². The Bertz CT molecular complexity index is 705. The number of halogens is 1. The van der Waals surface area contributed by atoms with E-state index in [2.05, 4.69) is 27.3 Å². The number of hydrogen-bond acceptors (Lipinski definition) is 2. The molecule has 2 aromatic carbocycles. The number of aromatic nitrogens is 3. The summed E-state index contributed by atoms with van der Waals surface area (Å²) in [5.74, 6) is 1.28. The molecule has 0 spiro atoms. The fourth-order valence-electron chi connectivity index (χ4n) is 2.29. The smallest absolute Gasteiger partial charge is 0.155 e. The highest BCUT2D eigenvalue weighted by molar-refractivity contribution is 5.20. The predicted molar refractivity (Wildman–Crippen MR) is 83.8 cm³/mol. The van der Waals surface area contributed by atoms with Crippen molar-refractivity contribution in [3.8, 4) is 0 Å². The molecule has 1 radical (unpaired) electrons. The Balaban J connectivity index is 1.51. The topological polar surface area (TPSA) is 41.6 Å². The van der Waals surface area contributed by atoms with Gasteiger partial charge >= 0.3 is 0 Å². The molecule has 3 nitrogen and oxygen atoms in total. The van der Waals surface area contributed by atoms with E-state index in [1.807, 2.05) is 24.6 Å². The van der Waals surface area contributed by atoms with E-state index in [1.165, 1.54) is 17.7 Å². The summed E-state index contributed by atoms with van der Waals surface area (Å²) in [7, 11) is 0. The summed E-state index contributed by atoms with van der Waals surface area (Å²) in [6, 6.07) is 16.8. The van der Waals surface area contributed by atoms with E-state index in [0.717, 1.165) is 30.1 Å². The number of nitrogens with zero attached hydrogens (tertiary/aromatic N) is 2. The molecule has 0 aliphatic heterocycles. The van der Waals surface area contributed by atoms with E-state index in [9.17, 15) is 4.39 Å². The summed E-state index contributed by atoms with van der Waals surface area (Å²) < 4.78 is 12.9. The first-order chi connectivity index (χ1) is 10.8. The van der Waals surface area contributed by atoms with Crippen molar-refractivity contribution in [2.75, 3.05) is 0 Å². The van der Waals surface area contributed by atoms with E-state index >= 15 is 0 Å². The van der Waals surface area contributed by atoms with Gasteiger partial charge in [0, 0.05) is 12.8 Å². The maximum atomic E-state index is 12.9. The van der Waals surface area contributed by atoms with Crippen molar-refractivity contribution in [2.24, 2.45) is 0 Å². The van der Waals surface area contributed by atoms with Gasteiger partial charge in [0.15, 0.2) is 5.82 Å². The molecule has 0 fully saturated rings. The number of H-pyrrole nitrogens is 1. The van der Waals surface area contributed by atoms with Gasteiger partial charge in [-0.1, -0.05) is 42.5 Å². The Morgan fingerprint density at radius 1 is 0.955 bits per heavy atom. The van der Waals surface area contributed by atoms with Crippen LogP contribution in [0.2, 0.25) is 0 Å². The molecule has 22 heavy (non-hydrogen) atoms. The van der Waals surface area contributed by atoms with Crippen LogP contribution < -0.4 is 0 Å². The Hall–Kier alpha value is -2.49. The summed E-state index contributed by atoms with van der Waals surface area (Å²) in [5, 5.41) is 7.13. The average Bonchev–Trinajstić information content (AvgIpc) is 2.98. The lowest BCUT2D eigenvalue weighted by atomic mass is 10.1. The molecule has 1 heterocycles. The van der Waals surface area contributed by atoms with E-state index in [0.29, 0.717) is 6.42 Å². The molecule has 0 bridgehead atoms. The number of aromatic amines is 1. The van der Waals surface area contributed by atoms with Gasteiger partial charge < -0.3 is 0 Å². The quantitative estimate of drug-likeness (QED) is 0.753. The first kappa shape index (κ1) is 14.4. The van der Waals surface area contributed by atoms with Crippen LogP contribution in [0.4, 0.5) is 4.39 Å². The third-order valence-corrected chi connectivity index (χ3v) is 3.44. The number of rotatable bonds is 6. The second kappa shape index (κ2) is 6.98. The summed E-state index contributed by atoms with van der Waals surface area (Å²) in [6.07, 6.45) is 4.54. The first-order valence-electron chi connectivity index (χ1n) is 7.32. The van der Waals surface area contributed by atoms with Gasteiger partial charge in [-0.2, -0.15) is 5.10 Å². The average molecular weight is 294 g/mol. The fraction of sp³-hybridized carbons (Fsp3) is 0.167. The molecule has 4 heteroatoms. The van der Waals surface area contributed by atoms with Crippen LogP contribution in [0, 0.1) is 12.2 Å². The van der Waals surface area contributed by atoms with Crippen LogP contribution in [0.3, 0.4) is 0 Å². The van der Waals surface area contributed by atoms with Crippen molar-refractivity contribution < 1.29 is 4.39 Å². The molecule has 0 unspecified atom stereocenters. The highest BCUT2D eigenvalue weighted by Crippen LogP contribution is 2.10. The molecule has 3 rings (SSSR count). The number of benzene rings is 2. The maximum absolute atomic E-state index is 12.9. The summed E-state index contributed by atoms with van der Waals surface area (Å²) >= 11 is 0. The molecule has 0 saturated heterocycles. The third-order valence-electron chi connectivity index (χ3n) is 3.44. The summed E-state index contributed by atoms with van der Waals surface area (Å²) in [6.45, 7) is 0. The molecule has 0 saturated carbocycles. The highest BCUT2D eigenvalue weighted by Gasteiger charge is 2.05. The van der Waals surface area contributed by atoms with Crippen molar-refractivity contribution in [1.82, 2.24) is 15.2 Å². The summed E-state index contributed by atoms with van der Waals surface area (Å²) in [5.41, 5.74) is 2.31. The Morgan fingerprint density at radius 3 is 2.50 bits per heavy atom. The van der Waals surface area contributed by atoms with Crippen LogP contribution in [0.5, 0.6) is 0 Å². The van der Waals surface area contributed by atoms with E-state index in [1.54, 1.807) is 12.1 Å². The first-order valence-corrected chi connectivity index (χ1v) is 7.32. The minimum Gasteiger partial charge on any atom is -0.263 e. The Kier molecular flexibility index (Phi) is 4.59. The van der Waals surface area contributed by atoms with Crippen LogP contribution in [0.15, 0.2) is 54.6 Å². The number of nitrogens with one attached hydrogen (secondary N) is 1. The second-order valence-electron chi connectivity index (χ2n) is 5.17. The van der Waals surface area contributed by atoms with E-state index in [4.69, 9.17) is 0 Å². The predicted octanol–water partition coefficient (Wildman–Crippen LogP) is 3.72. The molecular weight excluding hydrogens is 277 g/mol. The van der Waals surface area contributed by atoms with Gasteiger partial charge in [0.1, 0.15) is 11.6 Å². The standard InChI is InChI=1S/C18H17FN3/c19-16-11-9-15(10-12-16)13-18-20-17(21-22-18)8-4-7-14-5-2-1-3-6-14/h1-3,5-6,8-12H,4,7,13H2,(H,20,21,22). The van der Waals surface area contributed by atoms with Gasteiger partial charge in [-0.25, -0.2) is 9.37 Å². The minimum atomic E-state index is -0.228. The molecule has 1 aromatic heterocycles. The van der Waals surface area contributed by atoms with Crippen LogP contribution in [0.1, 0.15) is 29.2 Å². The monoisotopic (exact) mass is 294 g/mol. The van der Waals surface area contributed by atoms with Gasteiger partial charge in [-0.15, -0.1) is 0 Å². The zero-order valence-corrected chi connectivity index (χ0v) is 12.2. The molecule has 1 N–H and O–H groups in total. The maximum Gasteiger partial charge on any atom is 0.155 e. The van der Waals surface area contributed by atoms with Gasteiger partial charge in [0.25, 0.3) is 0 Å². The molecular formula is C18H17FN3. The SMILES string of the molecule is Fc1ccc(Cc2n[nH]c([CH]CCc3ccccc3)n2)cc1.